The van der Waals surface area contributed by atoms with E-state index in [9.17, 15) is 10.2 Å². The van der Waals surface area contributed by atoms with Crippen molar-refractivity contribution in [1.82, 2.24) is 5.32 Å². The zero-order valence-corrected chi connectivity index (χ0v) is 10.5. The van der Waals surface area contributed by atoms with Gasteiger partial charge in [0.1, 0.15) is 0 Å². The van der Waals surface area contributed by atoms with Crippen molar-refractivity contribution in [3.05, 3.63) is 58.6 Å². The second-order valence-electron chi connectivity index (χ2n) is 4.05. The lowest BCUT2D eigenvalue weighted by Gasteiger charge is -2.06. The largest absolute Gasteiger partial charge is 0.504 e. The minimum Gasteiger partial charge on any atom is -0.504 e. The van der Waals surface area contributed by atoms with Crippen LogP contribution >= 0.6 is 11.6 Å². The molecule has 0 saturated carbocycles. The van der Waals surface area contributed by atoms with Crippen molar-refractivity contribution in [3.8, 4) is 11.5 Å². The highest BCUT2D eigenvalue weighted by Crippen LogP contribution is 2.24. The number of hydrogen-bond donors (Lipinski definition) is 3. The van der Waals surface area contributed by atoms with Crippen LogP contribution in [0.2, 0.25) is 5.02 Å². The number of benzene rings is 2. The summed E-state index contributed by atoms with van der Waals surface area (Å²) in [5, 5.41) is 22.5. The summed E-state index contributed by atoms with van der Waals surface area (Å²) in [5.74, 6) is -0.197. The first kappa shape index (κ1) is 12.7. The Kier molecular flexibility index (Phi) is 4.07. The van der Waals surface area contributed by atoms with Crippen molar-refractivity contribution < 1.29 is 10.2 Å². The molecule has 0 aliphatic rings. The molecule has 0 amide bonds. The second kappa shape index (κ2) is 5.76. The van der Waals surface area contributed by atoms with Crippen molar-refractivity contribution in [2.75, 3.05) is 0 Å². The summed E-state index contributed by atoms with van der Waals surface area (Å²) in [4.78, 5) is 0. The molecule has 3 nitrogen and oxygen atoms in total. The van der Waals surface area contributed by atoms with Crippen LogP contribution in [-0.4, -0.2) is 10.2 Å². The Labute approximate surface area is 111 Å². The average Bonchev–Trinajstić information content (AvgIpc) is 2.36. The Morgan fingerprint density at radius 1 is 0.833 bits per heavy atom. The maximum Gasteiger partial charge on any atom is 0.157 e. The molecule has 0 saturated heterocycles. The first-order valence-corrected chi connectivity index (χ1v) is 5.99. The molecule has 4 heteroatoms. The van der Waals surface area contributed by atoms with Crippen molar-refractivity contribution in [3.63, 3.8) is 0 Å². The molecule has 0 aromatic heterocycles. The number of aromatic hydroxyl groups is 2. The fourth-order valence-corrected chi connectivity index (χ4v) is 1.76. The quantitative estimate of drug-likeness (QED) is 0.743. The van der Waals surface area contributed by atoms with Gasteiger partial charge in [-0.15, -0.1) is 0 Å². The van der Waals surface area contributed by atoms with E-state index in [4.69, 9.17) is 11.6 Å². The zero-order chi connectivity index (χ0) is 13.0. The highest BCUT2D eigenvalue weighted by molar-refractivity contribution is 6.30. The topological polar surface area (TPSA) is 52.5 Å². The van der Waals surface area contributed by atoms with Crippen LogP contribution in [0.3, 0.4) is 0 Å². The molecule has 0 heterocycles. The van der Waals surface area contributed by atoms with Gasteiger partial charge in [0.2, 0.25) is 0 Å². The zero-order valence-electron chi connectivity index (χ0n) is 9.73. The van der Waals surface area contributed by atoms with Crippen molar-refractivity contribution in [2.45, 2.75) is 13.1 Å². The number of rotatable bonds is 4. The van der Waals surface area contributed by atoms with Gasteiger partial charge in [0, 0.05) is 18.1 Å². The van der Waals surface area contributed by atoms with Gasteiger partial charge in [-0.3, -0.25) is 0 Å². The van der Waals surface area contributed by atoms with E-state index >= 15 is 0 Å². The van der Waals surface area contributed by atoms with Crippen LogP contribution in [0.5, 0.6) is 11.5 Å². The Hall–Kier alpha value is -1.71. The maximum absolute atomic E-state index is 9.35. The summed E-state index contributed by atoms with van der Waals surface area (Å²) in [6.07, 6.45) is 0. The molecule has 94 valence electrons. The van der Waals surface area contributed by atoms with Gasteiger partial charge in [-0.25, -0.2) is 0 Å². The SMILES string of the molecule is Oc1ccc(CNCc2ccc(Cl)cc2)cc1O. The lowest BCUT2D eigenvalue weighted by molar-refractivity contribution is 0.403. The van der Waals surface area contributed by atoms with Crippen LogP contribution in [0.15, 0.2) is 42.5 Å². The van der Waals surface area contributed by atoms with Gasteiger partial charge in [0.15, 0.2) is 11.5 Å². The molecule has 0 fully saturated rings. The Morgan fingerprint density at radius 3 is 2.11 bits per heavy atom. The Bertz CT molecular complexity index is 526. The molecular formula is C14H14ClNO2. The maximum atomic E-state index is 9.35. The first-order valence-electron chi connectivity index (χ1n) is 5.61. The molecule has 2 rings (SSSR count). The summed E-state index contributed by atoms with van der Waals surface area (Å²) in [6, 6.07) is 12.4. The highest BCUT2D eigenvalue weighted by atomic mass is 35.5. The minimum absolute atomic E-state index is 0.0965. The lowest BCUT2D eigenvalue weighted by Crippen LogP contribution is -2.12. The molecule has 0 aliphatic carbocycles. The van der Waals surface area contributed by atoms with E-state index in [1.807, 2.05) is 24.3 Å². The summed E-state index contributed by atoms with van der Waals surface area (Å²) < 4.78 is 0. The van der Waals surface area contributed by atoms with Gasteiger partial charge in [-0.05, 0) is 35.4 Å². The summed E-state index contributed by atoms with van der Waals surface area (Å²) in [6.45, 7) is 1.34. The summed E-state index contributed by atoms with van der Waals surface area (Å²) >= 11 is 5.80. The van der Waals surface area contributed by atoms with Crippen LogP contribution in [0.4, 0.5) is 0 Å². The molecule has 0 unspecified atom stereocenters. The van der Waals surface area contributed by atoms with E-state index in [0.717, 1.165) is 22.7 Å². The highest BCUT2D eigenvalue weighted by Gasteiger charge is 2.00. The molecule has 3 N–H and O–H groups in total. The van der Waals surface area contributed by atoms with Gasteiger partial charge in [-0.2, -0.15) is 0 Å². The number of hydrogen-bond acceptors (Lipinski definition) is 3. The van der Waals surface area contributed by atoms with Crippen molar-refractivity contribution >= 4 is 11.6 Å². The number of halogens is 1. The molecule has 2 aromatic carbocycles. The molecule has 0 bridgehead atoms. The third-order valence-electron chi connectivity index (χ3n) is 2.61. The second-order valence-corrected chi connectivity index (χ2v) is 4.49. The number of phenols is 2. The Balaban J connectivity index is 1.88. The standard InChI is InChI=1S/C14H14ClNO2/c15-12-4-1-10(2-5-12)8-16-9-11-3-6-13(17)14(18)7-11/h1-7,16-18H,8-9H2. The Morgan fingerprint density at radius 2 is 1.44 bits per heavy atom. The third kappa shape index (κ3) is 3.39. The van der Waals surface area contributed by atoms with E-state index in [1.54, 1.807) is 12.1 Å². The van der Waals surface area contributed by atoms with E-state index in [0.29, 0.717) is 6.54 Å². The predicted molar refractivity (Wildman–Crippen MR) is 71.8 cm³/mol. The van der Waals surface area contributed by atoms with Crippen molar-refractivity contribution in [1.29, 1.82) is 0 Å². The first-order chi connectivity index (χ1) is 8.65. The molecule has 0 aliphatic heterocycles. The molecule has 0 radical (unpaired) electrons. The monoisotopic (exact) mass is 263 g/mol. The molecule has 18 heavy (non-hydrogen) atoms. The van der Waals surface area contributed by atoms with Gasteiger partial charge in [0.05, 0.1) is 0 Å². The van der Waals surface area contributed by atoms with Crippen molar-refractivity contribution in [2.24, 2.45) is 0 Å². The smallest absolute Gasteiger partial charge is 0.157 e. The fourth-order valence-electron chi connectivity index (χ4n) is 1.63. The van der Waals surface area contributed by atoms with Crippen LogP contribution in [-0.2, 0) is 13.1 Å². The lowest BCUT2D eigenvalue weighted by atomic mass is 10.2. The van der Waals surface area contributed by atoms with Crippen LogP contribution in [0, 0.1) is 0 Å². The van der Waals surface area contributed by atoms with E-state index in [1.165, 1.54) is 6.07 Å². The van der Waals surface area contributed by atoms with Gasteiger partial charge >= 0.3 is 0 Å². The van der Waals surface area contributed by atoms with E-state index in [-0.39, 0.29) is 11.5 Å². The molecular weight excluding hydrogens is 250 g/mol. The summed E-state index contributed by atoms with van der Waals surface area (Å²) in [7, 11) is 0. The van der Waals surface area contributed by atoms with Gasteiger partial charge < -0.3 is 15.5 Å². The molecule has 2 aromatic rings. The average molecular weight is 264 g/mol. The summed E-state index contributed by atoms with van der Waals surface area (Å²) in [5.41, 5.74) is 2.06. The predicted octanol–water partition coefficient (Wildman–Crippen LogP) is 3.04. The number of nitrogens with one attached hydrogen (secondary N) is 1. The van der Waals surface area contributed by atoms with Crippen LogP contribution < -0.4 is 5.32 Å². The van der Waals surface area contributed by atoms with Gasteiger partial charge in [-0.1, -0.05) is 29.8 Å². The van der Waals surface area contributed by atoms with E-state index in [2.05, 4.69) is 5.32 Å². The normalized spacial score (nSPS) is 10.5. The minimum atomic E-state index is -0.101. The molecule has 0 atom stereocenters. The van der Waals surface area contributed by atoms with Crippen LogP contribution in [0.1, 0.15) is 11.1 Å². The number of phenolic OH excluding ortho intramolecular Hbond substituents is 2. The molecule has 0 spiro atoms. The third-order valence-corrected chi connectivity index (χ3v) is 2.86. The fraction of sp³-hybridized carbons (Fsp3) is 0.143. The van der Waals surface area contributed by atoms with Gasteiger partial charge in [0.25, 0.3) is 0 Å². The van der Waals surface area contributed by atoms with E-state index < -0.39 is 0 Å². The van der Waals surface area contributed by atoms with Crippen LogP contribution in [0.25, 0.3) is 0 Å².